The highest BCUT2D eigenvalue weighted by Gasteiger charge is 2.73. The zero-order chi connectivity index (χ0) is 20.3. The topological polar surface area (TPSA) is 52.0 Å². The molecule has 8 heteroatoms. The van der Waals surface area contributed by atoms with Crippen LogP contribution in [0.3, 0.4) is 0 Å². The van der Waals surface area contributed by atoms with Crippen molar-refractivity contribution >= 4 is 0 Å². The first-order valence-corrected chi connectivity index (χ1v) is 8.31. The van der Waals surface area contributed by atoms with Gasteiger partial charge >= 0.3 is 12.4 Å². The maximum atomic E-state index is 14.3. The van der Waals surface area contributed by atoms with Gasteiger partial charge in [-0.15, -0.1) is 0 Å². The van der Waals surface area contributed by atoms with E-state index in [1.165, 1.54) is 36.4 Å². The second kappa shape index (κ2) is 7.90. The van der Waals surface area contributed by atoms with Crippen molar-refractivity contribution in [2.24, 2.45) is 11.5 Å². The average molecular weight is 390 g/mol. The lowest BCUT2D eigenvalue weighted by molar-refractivity contribution is -0.289. The Morgan fingerprint density at radius 1 is 0.593 bits per heavy atom. The number of halogens is 6. The standard InChI is InChI=1S/C19H20F6N2/c20-18(21,22)17(19(23,24)25,15-7-3-1-5-13(15)9-11-26)16-8-4-2-6-14(16)10-12-27/h1-8H,9-12,26-27H2. The summed E-state index contributed by atoms with van der Waals surface area (Å²) in [4.78, 5) is 0. The van der Waals surface area contributed by atoms with Crippen molar-refractivity contribution in [3.63, 3.8) is 0 Å². The van der Waals surface area contributed by atoms with Gasteiger partial charge in [0.2, 0.25) is 5.41 Å². The lowest BCUT2D eigenvalue weighted by atomic mass is 9.69. The van der Waals surface area contributed by atoms with Gasteiger partial charge < -0.3 is 11.5 Å². The summed E-state index contributed by atoms with van der Waals surface area (Å²) in [6.07, 6.45) is -11.5. The maximum absolute atomic E-state index is 14.3. The van der Waals surface area contributed by atoms with Crippen molar-refractivity contribution in [1.82, 2.24) is 0 Å². The van der Waals surface area contributed by atoms with E-state index in [2.05, 4.69) is 0 Å². The van der Waals surface area contributed by atoms with E-state index in [1.54, 1.807) is 0 Å². The van der Waals surface area contributed by atoms with E-state index in [4.69, 9.17) is 11.5 Å². The fourth-order valence-corrected chi connectivity index (χ4v) is 3.44. The molecule has 0 amide bonds. The Morgan fingerprint density at radius 2 is 0.926 bits per heavy atom. The molecule has 0 aromatic heterocycles. The molecule has 0 heterocycles. The fourth-order valence-electron chi connectivity index (χ4n) is 3.44. The molecule has 27 heavy (non-hydrogen) atoms. The van der Waals surface area contributed by atoms with Crippen molar-refractivity contribution in [3.05, 3.63) is 70.8 Å². The molecular weight excluding hydrogens is 370 g/mol. The molecule has 4 N–H and O–H groups in total. The largest absolute Gasteiger partial charge is 0.411 e. The van der Waals surface area contributed by atoms with Gasteiger partial charge in [0.25, 0.3) is 0 Å². The minimum absolute atomic E-state index is 0.0761. The maximum Gasteiger partial charge on any atom is 0.411 e. The molecule has 2 nitrogen and oxygen atoms in total. The first-order valence-electron chi connectivity index (χ1n) is 8.31. The molecule has 0 aliphatic heterocycles. The van der Waals surface area contributed by atoms with Gasteiger partial charge in [-0.05, 0) is 48.2 Å². The van der Waals surface area contributed by atoms with Crippen LogP contribution in [0.5, 0.6) is 0 Å². The Morgan fingerprint density at radius 3 is 1.22 bits per heavy atom. The summed E-state index contributed by atoms with van der Waals surface area (Å²) in [5.74, 6) is 0. The SMILES string of the molecule is NCCc1ccccc1C(c1ccccc1CCN)(C(F)(F)F)C(F)(F)F. The first-order chi connectivity index (χ1) is 12.6. The van der Waals surface area contributed by atoms with Gasteiger partial charge in [-0.2, -0.15) is 26.3 Å². The highest BCUT2D eigenvalue weighted by atomic mass is 19.4. The molecule has 0 unspecified atom stereocenters. The van der Waals surface area contributed by atoms with Gasteiger partial charge in [0, 0.05) is 0 Å². The molecule has 0 atom stereocenters. The van der Waals surface area contributed by atoms with E-state index in [0.29, 0.717) is 0 Å². The Bertz CT molecular complexity index is 702. The van der Waals surface area contributed by atoms with Crippen LogP contribution in [0, 0.1) is 0 Å². The summed E-state index contributed by atoms with van der Waals surface area (Å²) in [6.45, 7) is -0.152. The predicted molar refractivity (Wildman–Crippen MR) is 91.3 cm³/mol. The van der Waals surface area contributed by atoms with Crippen molar-refractivity contribution in [3.8, 4) is 0 Å². The quantitative estimate of drug-likeness (QED) is 0.730. The van der Waals surface area contributed by atoms with Crippen LogP contribution in [0.1, 0.15) is 22.3 Å². The first kappa shape index (κ1) is 21.2. The Balaban J connectivity index is 2.99. The summed E-state index contributed by atoms with van der Waals surface area (Å²) in [5, 5.41) is 0. The van der Waals surface area contributed by atoms with Gasteiger partial charge in [-0.1, -0.05) is 48.5 Å². The number of hydrogen-bond acceptors (Lipinski definition) is 2. The molecule has 0 aliphatic carbocycles. The van der Waals surface area contributed by atoms with E-state index in [1.807, 2.05) is 0 Å². The Labute approximate surface area is 153 Å². The van der Waals surface area contributed by atoms with E-state index in [9.17, 15) is 26.3 Å². The third-order valence-electron chi connectivity index (χ3n) is 4.52. The van der Waals surface area contributed by atoms with Gasteiger partial charge in [-0.3, -0.25) is 0 Å². The van der Waals surface area contributed by atoms with Crippen LogP contribution in [0.15, 0.2) is 48.5 Å². The van der Waals surface area contributed by atoms with E-state index < -0.39 is 28.9 Å². The van der Waals surface area contributed by atoms with E-state index in [0.717, 1.165) is 12.1 Å². The molecule has 2 aromatic rings. The lowest BCUT2D eigenvalue weighted by Crippen LogP contribution is -2.55. The van der Waals surface area contributed by atoms with E-state index >= 15 is 0 Å². The van der Waals surface area contributed by atoms with Crippen molar-refractivity contribution < 1.29 is 26.3 Å². The van der Waals surface area contributed by atoms with Crippen molar-refractivity contribution in [2.45, 2.75) is 30.6 Å². The fraction of sp³-hybridized carbons (Fsp3) is 0.368. The summed E-state index contributed by atoms with van der Waals surface area (Å²) >= 11 is 0. The normalized spacial score (nSPS) is 13.0. The molecule has 0 spiro atoms. The zero-order valence-corrected chi connectivity index (χ0v) is 14.4. The summed E-state index contributed by atoms with van der Waals surface area (Å²) in [5.41, 5.74) is 4.82. The van der Waals surface area contributed by atoms with Gasteiger partial charge in [0.15, 0.2) is 0 Å². The molecule has 0 saturated heterocycles. The second-order valence-electron chi connectivity index (χ2n) is 6.14. The minimum atomic E-state index is -5.62. The molecule has 0 fully saturated rings. The number of nitrogens with two attached hydrogens (primary N) is 2. The van der Waals surface area contributed by atoms with Crippen molar-refractivity contribution in [1.29, 1.82) is 0 Å². The van der Waals surface area contributed by atoms with Crippen LogP contribution in [0.2, 0.25) is 0 Å². The molecule has 2 rings (SSSR count). The van der Waals surface area contributed by atoms with Gasteiger partial charge in [-0.25, -0.2) is 0 Å². The number of benzene rings is 2. The van der Waals surface area contributed by atoms with Crippen LogP contribution in [0.25, 0.3) is 0 Å². The molecule has 0 aliphatic rings. The molecular formula is C19H20F6N2. The lowest BCUT2D eigenvalue weighted by Gasteiger charge is -2.40. The van der Waals surface area contributed by atoms with E-state index in [-0.39, 0.29) is 37.1 Å². The molecule has 0 bridgehead atoms. The summed E-state index contributed by atoms with van der Waals surface area (Å²) in [7, 11) is 0. The number of alkyl halides is 6. The third-order valence-corrected chi connectivity index (χ3v) is 4.52. The van der Waals surface area contributed by atoms with Crippen LogP contribution in [-0.2, 0) is 18.3 Å². The van der Waals surface area contributed by atoms with Crippen LogP contribution >= 0.6 is 0 Å². The van der Waals surface area contributed by atoms with Crippen molar-refractivity contribution in [2.75, 3.05) is 13.1 Å². The Kier molecular flexibility index (Phi) is 6.21. The molecule has 0 radical (unpaired) electrons. The summed E-state index contributed by atoms with van der Waals surface area (Å²) in [6, 6.07) is 9.41. The monoisotopic (exact) mass is 390 g/mol. The number of rotatable bonds is 6. The molecule has 2 aromatic carbocycles. The Hall–Kier alpha value is -2.06. The van der Waals surface area contributed by atoms with Crippen LogP contribution < -0.4 is 11.5 Å². The van der Waals surface area contributed by atoms with Gasteiger partial charge in [0.05, 0.1) is 0 Å². The molecule has 0 saturated carbocycles. The van der Waals surface area contributed by atoms with Crippen LogP contribution in [0.4, 0.5) is 26.3 Å². The summed E-state index contributed by atoms with van der Waals surface area (Å²) < 4.78 is 85.8. The highest BCUT2D eigenvalue weighted by Crippen LogP contribution is 2.57. The second-order valence-corrected chi connectivity index (χ2v) is 6.14. The molecule has 148 valence electrons. The minimum Gasteiger partial charge on any atom is -0.330 e. The smallest absolute Gasteiger partial charge is 0.330 e. The van der Waals surface area contributed by atoms with Gasteiger partial charge in [0.1, 0.15) is 0 Å². The average Bonchev–Trinajstić information content (AvgIpc) is 2.56. The third kappa shape index (κ3) is 3.68. The zero-order valence-electron chi connectivity index (χ0n) is 14.4. The number of hydrogen-bond donors (Lipinski definition) is 2. The van der Waals surface area contributed by atoms with Crippen LogP contribution in [-0.4, -0.2) is 25.4 Å². The highest BCUT2D eigenvalue weighted by molar-refractivity contribution is 5.51. The predicted octanol–water partition coefficient (Wildman–Crippen LogP) is 4.10.